The molecule has 0 bridgehead atoms. The highest BCUT2D eigenvalue weighted by atomic mass is 28.4. The summed E-state index contributed by atoms with van der Waals surface area (Å²) in [5.74, 6) is 0.846. The second kappa shape index (κ2) is 5.46. The lowest BCUT2D eigenvalue weighted by Gasteiger charge is -2.19. The molecule has 0 aliphatic carbocycles. The van der Waals surface area contributed by atoms with Gasteiger partial charge in [0.1, 0.15) is 5.75 Å². The van der Waals surface area contributed by atoms with Gasteiger partial charge in [0, 0.05) is 12.1 Å². The molecule has 4 nitrogen and oxygen atoms in total. The fourth-order valence-corrected chi connectivity index (χ4v) is 2.71. The molecule has 0 unspecified atom stereocenters. The Kier molecular flexibility index (Phi) is 3.90. The van der Waals surface area contributed by atoms with Crippen LogP contribution in [0.3, 0.4) is 0 Å². The van der Waals surface area contributed by atoms with Crippen LogP contribution in [0.1, 0.15) is 0 Å². The first kappa shape index (κ1) is 14.3. The zero-order valence-corrected chi connectivity index (χ0v) is 12.8. The van der Waals surface area contributed by atoms with Crippen molar-refractivity contribution in [2.75, 3.05) is 0 Å². The standard InChI is InChI=1S/C15H17NO3Si/c1-20(2,3)19-15-9-7-12(8-10-15)13-5-4-6-14(11-13)16(17)18/h4-11H,1-3H3. The van der Waals surface area contributed by atoms with Crippen LogP contribution >= 0.6 is 0 Å². The molecule has 104 valence electrons. The van der Waals surface area contributed by atoms with Gasteiger partial charge in [-0.15, -0.1) is 0 Å². The summed E-state index contributed by atoms with van der Waals surface area (Å²) in [6.45, 7) is 6.38. The zero-order chi connectivity index (χ0) is 14.8. The fraction of sp³-hybridized carbons (Fsp3) is 0.200. The Morgan fingerprint density at radius 1 is 1.00 bits per heavy atom. The molecular formula is C15H17NO3Si. The molecule has 2 aromatic rings. The molecule has 0 aliphatic heterocycles. The van der Waals surface area contributed by atoms with Gasteiger partial charge in [0.25, 0.3) is 5.69 Å². The van der Waals surface area contributed by atoms with Gasteiger partial charge in [-0.05, 0) is 42.9 Å². The quantitative estimate of drug-likeness (QED) is 0.473. The molecule has 0 aromatic heterocycles. The predicted octanol–water partition coefficient (Wildman–Crippen LogP) is 4.48. The van der Waals surface area contributed by atoms with Gasteiger partial charge in [-0.2, -0.15) is 0 Å². The first-order valence-corrected chi connectivity index (χ1v) is 9.80. The van der Waals surface area contributed by atoms with Gasteiger partial charge in [0.05, 0.1) is 4.92 Å². The molecule has 0 saturated heterocycles. The maximum Gasteiger partial charge on any atom is 0.270 e. The average molecular weight is 287 g/mol. The smallest absolute Gasteiger partial charge is 0.270 e. The fourth-order valence-electron chi connectivity index (χ4n) is 1.87. The van der Waals surface area contributed by atoms with Crippen molar-refractivity contribution in [3.8, 4) is 16.9 Å². The maximum atomic E-state index is 10.8. The number of hydrogen-bond donors (Lipinski definition) is 0. The molecule has 0 aliphatic rings. The van der Waals surface area contributed by atoms with Crippen LogP contribution in [0.5, 0.6) is 5.75 Å². The van der Waals surface area contributed by atoms with Crippen LogP contribution in [0.25, 0.3) is 11.1 Å². The van der Waals surface area contributed by atoms with Crippen LogP contribution in [0, 0.1) is 10.1 Å². The van der Waals surface area contributed by atoms with Crippen LogP contribution in [-0.2, 0) is 0 Å². The van der Waals surface area contributed by atoms with E-state index in [4.69, 9.17) is 4.43 Å². The van der Waals surface area contributed by atoms with Crippen molar-refractivity contribution in [1.82, 2.24) is 0 Å². The number of nitro groups is 1. The van der Waals surface area contributed by atoms with E-state index in [0.29, 0.717) is 0 Å². The molecule has 5 heteroatoms. The van der Waals surface area contributed by atoms with Gasteiger partial charge >= 0.3 is 0 Å². The molecular weight excluding hydrogens is 270 g/mol. The van der Waals surface area contributed by atoms with Crippen molar-refractivity contribution in [2.24, 2.45) is 0 Å². The van der Waals surface area contributed by atoms with Crippen molar-refractivity contribution in [1.29, 1.82) is 0 Å². The first-order chi connectivity index (χ1) is 9.35. The number of benzene rings is 2. The van der Waals surface area contributed by atoms with E-state index in [0.717, 1.165) is 16.9 Å². The molecule has 0 spiro atoms. The van der Waals surface area contributed by atoms with Gasteiger partial charge in [-0.1, -0.05) is 24.3 Å². The van der Waals surface area contributed by atoms with Crippen molar-refractivity contribution in [2.45, 2.75) is 19.6 Å². The molecule has 0 fully saturated rings. The van der Waals surface area contributed by atoms with Gasteiger partial charge in [-0.25, -0.2) is 0 Å². The molecule has 20 heavy (non-hydrogen) atoms. The number of nitro benzene ring substituents is 1. The Labute approximate surface area is 119 Å². The molecule has 0 atom stereocenters. The minimum Gasteiger partial charge on any atom is -0.544 e. The summed E-state index contributed by atoms with van der Waals surface area (Å²) < 4.78 is 5.89. The summed E-state index contributed by atoms with van der Waals surface area (Å²) in [5, 5.41) is 10.8. The lowest BCUT2D eigenvalue weighted by Crippen LogP contribution is -2.29. The van der Waals surface area contributed by atoms with Crippen molar-refractivity contribution < 1.29 is 9.35 Å². The van der Waals surface area contributed by atoms with Crippen LogP contribution in [0.2, 0.25) is 19.6 Å². The van der Waals surface area contributed by atoms with E-state index >= 15 is 0 Å². The van der Waals surface area contributed by atoms with E-state index in [2.05, 4.69) is 19.6 Å². The van der Waals surface area contributed by atoms with E-state index in [1.807, 2.05) is 30.3 Å². The van der Waals surface area contributed by atoms with E-state index < -0.39 is 8.32 Å². The zero-order valence-electron chi connectivity index (χ0n) is 11.8. The van der Waals surface area contributed by atoms with Gasteiger partial charge in [0.15, 0.2) is 0 Å². The van der Waals surface area contributed by atoms with E-state index in [-0.39, 0.29) is 10.6 Å². The number of rotatable bonds is 4. The van der Waals surface area contributed by atoms with Crippen molar-refractivity contribution in [3.63, 3.8) is 0 Å². The number of hydrogen-bond acceptors (Lipinski definition) is 3. The monoisotopic (exact) mass is 287 g/mol. The van der Waals surface area contributed by atoms with Crippen molar-refractivity contribution in [3.05, 3.63) is 58.6 Å². The Bertz CT molecular complexity index is 618. The minimum atomic E-state index is -1.61. The summed E-state index contributed by atoms with van der Waals surface area (Å²) in [6.07, 6.45) is 0. The SMILES string of the molecule is C[Si](C)(C)Oc1ccc(-c2cccc([N+](=O)[O-])c2)cc1. The summed E-state index contributed by atoms with van der Waals surface area (Å²) >= 11 is 0. The normalized spacial score (nSPS) is 11.2. The summed E-state index contributed by atoms with van der Waals surface area (Å²) in [5.41, 5.74) is 1.88. The molecule has 0 heterocycles. The molecule has 0 radical (unpaired) electrons. The van der Waals surface area contributed by atoms with Crippen LogP contribution in [0.15, 0.2) is 48.5 Å². The predicted molar refractivity (Wildman–Crippen MR) is 82.5 cm³/mol. The molecule has 0 N–H and O–H groups in total. The Hall–Kier alpha value is -2.14. The minimum absolute atomic E-state index is 0.102. The summed E-state index contributed by atoms with van der Waals surface area (Å²) in [6, 6.07) is 14.3. The summed E-state index contributed by atoms with van der Waals surface area (Å²) in [7, 11) is -1.61. The molecule has 0 saturated carbocycles. The molecule has 0 amide bonds. The molecule has 2 aromatic carbocycles. The van der Waals surface area contributed by atoms with Gasteiger partial charge in [0.2, 0.25) is 8.32 Å². The lowest BCUT2D eigenvalue weighted by atomic mass is 10.1. The highest BCUT2D eigenvalue weighted by molar-refractivity contribution is 6.70. The van der Waals surface area contributed by atoms with Crippen LogP contribution < -0.4 is 4.43 Å². The highest BCUT2D eigenvalue weighted by Gasteiger charge is 2.16. The number of non-ortho nitro benzene ring substituents is 1. The second-order valence-corrected chi connectivity index (χ2v) is 9.98. The van der Waals surface area contributed by atoms with Crippen molar-refractivity contribution >= 4 is 14.0 Å². The first-order valence-electron chi connectivity index (χ1n) is 6.39. The Morgan fingerprint density at radius 3 is 2.20 bits per heavy atom. The summed E-state index contributed by atoms with van der Waals surface area (Å²) in [4.78, 5) is 10.4. The molecule has 2 rings (SSSR count). The average Bonchev–Trinajstić information content (AvgIpc) is 2.38. The maximum absolute atomic E-state index is 10.8. The third-order valence-corrected chi connectivity index (χ3v) is 3.52. The van der Waals surface area contributed by atoms with E-state index in [1.54, 1.807) is 12.1 Å². The third kappa shape index (κ3) is 3.68. The van der Waals surface area contributed by atoms with Crippen LogP contribution in [0.4, 0.5) is 5.69 Å². The second-order valence-electron chi connectivity index (χ2n) is 5.55. The Morgan fingerprint density at radius 2 is 1.65 bits per heavy atom. The van der Waals surface area contributed by atoms with E-state index in [1.165, 1.54) is 6.07 Å². The topological polar surface area (TPSA) is 52.4 Å². The van der Waals surface area contributed by atoms with Gasteiger partial charge in [-0.3, -0.25) is 10.1 Å². The van der Waals surface area contributed by atoms with Gasteiger partial charge < -0.3 is 4.43 Å². The largest absolute Gasteiger partial charge is 0.544 e. The van der Waals surface area contributed by atoms with E-state index in [9.17, 15) is 10.1 Å². The number of nitrogens with zero attached hydrogens (tertiary/aromatic N) is 1. The Balaban J connectivity index is 2.26. The lowest BCUT2D eigenvalue weighted by molar-refractivity contribution is -0.384. The highest BCUT2D eigenvalue weighted by Crippen LogP contribution is 2.26. The third-order valence-electron chi connectivity index (χ3n) is 2.67. The van der Waals surface area contributed by atoms with Crippen LogP contribution in [-0.4, -0.2) is 13.2 Å².